The minimum Gasteiger partial charge on any atom is -0.444 e. The van der Waals surface area contributed by atoms with Gasteiger partial charge in [0.1, 0.15) is 23.1 Å². The van der Waals surface area contributed by atoms with Gasteiger partial charge in [0.2, 0.25) is 0 Å². The Morgan fingerprint density at radius 1 is 1.04 bits per heavy atom. The van der Waals surface area contributed by atoms with Crippen LogP contribution in [0.5, 0.6) is 0 Å². The number of nitrogens with zero attached hydrogens (tertiary/aromatic N) is 1. The summed E-state index contributed by atoms with van der Waals surface area (Å²) in [5, 5.41) is 0. The maximum atomic E-state index is 14.0. The molecule has 0 spiro atoms. The van der Waals surface area contributed by atoms with Gasteiger partial charge >= 0.3 is 6.09 Å². The third kappa shape index (κ3) is 4.12. The number of hydrogen-bond acceptors (Lipinski definition) is 3. The number of ether oxygens (including phenoxy) is 1. The fourth-order valence-electron chi connectivity index (χ4n) is 4.19. The Balaban J connectivity index is 1.81. The molecule has 2 heterocycles. The van der Waals surface area contributed by atoms with Crippen molar-refractivity contribution in [3.63, 3.8) is 0 Å². The molecule has 2 aliphatic rings. The van der Waals surface area contributed by atoms with Crippen LogP contribution in [-0.2, 0) is 4.74 Å². The number of amides is 1. The molecule has 2 saturated heterocycles. The number of ketones is 1. The molecular formula is C20H24F3NO3. The summed E-state index contributed by atoms with van der Waals surface area (Å²) in [5.74, 6) is -4.69. The normalized spacial score (nSPS) is 25.3. The first-order valence-electron chi connectivity index (χ1n) is 9.27. The smallest absolute Gasteiger partial charge is 0.410 e. The molecule has 0 saturated carbocycles. The molecule has 148 valence electrons. The van der Waals surface area contributed by atoms with Crippen molar-refractivity contribution in [2.24, 2.45) is 5.92 Å². The molecule has 0 aromatic heterocycles. The lowest BCUT2D eigenvalue weighted by Crippen LogP contribution is -2.56. The Hall–Kier alpha value is -2.05. The minimum atomic E-state index is -1.18. The molecule has 1 aromatic rings. The van der Waals surface area contributed by atoms with Gasteiger partial charge in [-0.2, -0.15) is 0 Å². The van der Waals surface area contributed by atoms with E-state index in [1.807, 2.05) is 0 Å². The summed E-state index contributed by atoms with van der Waals surface area (Å²) in [6, 6.07) is 0.640. The SMILES string of the molecule is CC(C)(C)OC(=O)N1C2CCCC1CC(C(=O)c1c(F)cc(F)cc1F)C2. The van der Waals surface area contributed by atoms with Crippen LogP contribution < -0.4 is 0 Å². The van der Waals surface area contributed by atoms with Crippen molar-refractivity contribution in [3.05, 3.63) is 35.1 Å². The lowest BCUT2D eigenvalue weighted by molar-refractivity contribution is -0.0261. The first-order valence-corrected chi connectivity index (χ1v) is 9.27. The number of hydrogen-bond donors (Lipinski definition) is 0. The molecule has 2 bridgehead atoms. The Morgan fingerprint density at radius 3 is 2.04 bits per heavy atom. The van der Waals surface area contributed by atoms with Gasteiger partial charge in [-0.15, -0.1) is 0 Å². The second-order valence-corrected chi connectivity index (χ2v) is 8.40. The van der Waals surface area contributed by atoms with E-state index in [4.69, 9.17) is 4.74 Å². The molecule has 3 rings (SSSR count). The van der Waals surface area contributed by atoms with Crippen LogP contribution in [0.15, 0.2) is 12.1 Å². The van der Waals surface area contributed by atoms with Crippen molar-refractivity contribution in [2.45, 2.75) is 70.6 Å². The molecule has 2 atom stereocenters. The summed E-state index contributed by atoms with van der Waals surface area (Å²) in [5.41, 5.74) is -1.32. The summed E-state index contributed by atoms with van der Waals surface area (Å²) in [4.78, 5) is 27.0. The zero-order valence-corrected chi connectivity index (χ0v) is 15.7. The van der Waals surface area contributed by atoms with Crippen molar-refractivity contribution in [2.75, 3.05) is 0 Å². The van der Waals surface area contributed by atoms with Gasteiger partial charge in [0.25, 0.3) is 0 Å². The van der Waals surface area contributed by atoms with Crippen LogP contribution in [0.2, 0.25) is 0 Å². The van der Waals surface area contributed by atoms with Crippen molar-refractivity contribution in [3.8, 4) is 0 Å². The number of carbonyl (C=O) groups excluding carboxylic acids is 2. The van der Waals surface area contributed by atoms with E-state index in [1.54, 1.807) is 25.7 Å². The molecule has 0 radical (unpaired) electrons. The summed E-state index contributed by atoms with van der Waals surface area (Å²) >= 11 is 0. The van der Waals surface area contributed by atoms with E-state index in [1.165, 1.54) is 0 Å². The van der Waals surface area contributed by atoms with Crippen molar-refractivity contribution < 1.29 is 27.5 Å². The molecule has 4 nitrogen and oxygen atoms in total. The number of carbonyl (C=O) groups is 2. The van der Waals surface area contributed by atoms with E-state index in [9.17, 15) is 22.8 Å². The maximum Gasteiger partial charge on any atom is 0.410 e. The Morgan fingerprint density at radius 2 is 1.56 bits per heavy atom. The summed E-state index contributed by atoms with van der Waals surface area (Å²) in [6.07, 6.45) is 2.59. The highest BCUT2D eigenvalue weighted by atomic mass is 19.1. The van der Waals surface area contributed by atoms with Crippen LogP contribution in [0.1, 0.15) is 63.2 Å². The van der Waals surface area contributed by atoms with E-state index in [2.05, 4.69) is 0 Å². The summed E-state index contributed by atoms with van der Waals surface area (Å²) in [7, 11) is 0. The van der Waals surface area contributed by atoms with Crippen molar-refractivity contribution in [1.29, 1.82) is 0 Å². The Labute approximate surface area is 156 Å². The molecular weight excluding hydrogens is 359 g/mol. The standard InChI is InChI=1S/C20H24F3NO3/c1-20(2,3)27-19(26)24-13-5-4-6-14(24)8-11(7-13)18(25)17-15(22)9-12(21)10-16(17)23/h9-11,13-14H,4-8H2,1-3H3. The summed E-state index contributed by atoms with van der Waals surface area (Å²) in [6.45, 7) is 5.37. The highest BCUT2D eigenvalue weighted by molar-refractivity contribution is 5.98. The fraction of sp³-hybridized carbons (Fsp3) is 0.600. The largest absolute Gasteiger partial charge is 0.444 e. The minimum absolute atomic E-state index is 0.201. The predicted octanol–water partition coefficient (Wildman–Crippen LogP) is 4.85. The molecule has 0 aliphatic carbocycles. The van der Waals surface area contributed by atoms with Crippen LogP contribution >= 0.6 is 0 Å². The lowest BCUT2D eigenvalue weighted by atomic mass is 9.75. The maximum absolute atomic E-state index is 14.0. The van der Waals surface area contributed by atoms with Crippen LogP contribution in [0.4, 0.5) is 18.0 Å². The van der Waals surface area contributed by atoms with Crippen molar-refractivity contribution >= 4 is 11.9 Å². The highest BCUT2D eigenvalue weighted by Crippen LogP contribution is 2.39. The molecule has 2 fully saturated rings. The van der Waals surface area contributed by atoms with E-state index in [0.29, 0.717) is 37.8 Å². The van der Waals surface area contributed by atoms with Gasteiger partial charge in [0.15, 0.2) is 5.78 Å². The van der Waals surface area contributed by atoms with Gasteiger partial charge < -0.3 is 9.64 Å². The van der Waals surface area contributed by atoms with Crippen LogP contribution in [0, 0.1) is 23.4 Å². The molecule has 1 aromatic carbocycles. The molecule has 1 amide bonds. The van der Waals surface area contributed by atoms with E-state index in [-0.39, 0.29) is 12.1 Å². The van der Waals surface area contributed by atoms with E-state index >= 15 is 0 Å². The average Bonchev–Trinajstić information content (AvgIpc) is 2.50. The van der Waals surface area contributed by atoms with Gasteiger partial charge in [-0.1, -0.05) is 0 Å². The van der Waals surface area contributed by atoms with E-state index in [0.717, 1.165) is 6.42 Å². The van der Waals surface area contributed by atoms with Crippen LogP contribution in [0.25, 0.3) is 0 Å². The Bertz CT molecular complexity index is 722. The topological polar surface area (TPSA) is 46.6 Å². The van der Waals surface area contributed by atoms with Crippen LogP contribution in [-0.4, -0.2) is 34.5 Å². The van der Waals surface area contributed by atoms with Gasteiger partial charge in [-0.05, 0) is 52.9 Å². The lowest BCUT2D eigenvalue weighted by Gasteiger charge is -2.48. The zero-order valence-electron chi connectivity index (χ0n) is 15.7. The molecule has 2 aliphatic heterocycles. The van der Waals surface area contributed by atoms with Gasteiger partial charge in [0, 0.05) is 30.1 Å². The highest BCUT2D eigenvalue weighted by Gasteiger charge is 2.45. The average molecular weight is 383 g/mol. The van der Waals surface area contributed by atoms with Gasteiger partial charge in [0.05, 0.1) is 5.56 Å². The molecule has 2 unspecified atom stereocenters. The van der Waals surface area contributed by atoms with E-state index < -0.39 is 46.4 Å². The Kier molecular flexibility index (Phi) is 5.23. The first-order chi connectivity index (χ1) is 12.6. The van der Waals surface area contributed by atoms with Crippen LogP contribution in [0.3, 0.4) is 0 Å². The zero-order chi connectivity index (χ0) is 19.9. The van der Waals surface area contributed by atoms with Crippen molar-refractivity contribution in [1.82, 2.24) is 4.90 Å². The molecule has 0 N–H and O–H groups in total. The second-order valence-electron chi connectivity index (χ2n) is 8.40. The number of rotatable bonds is 2. The van der Waals surface area contributed by atoms with Gasteiger partial charge in [-0.25, -0.2) is 18.0 Å². The number of Topliss-reactive ketones (excluding diaryl/α,β-unsaturated/α-hetero) is 1. The molecule has 7 heteroatoms. The summed E-state index contributed by atoms with van der Waals surface area (Å²) < 4.78 is 46.6. The quantitative estimate of drug-likeness (QED) is 0.686. The van der Waals surface area contributed by atoms with Gasteiger partial charge in [-0.3, -0.25) is 4.79 Å². The number of halogens is 3. The third-order valence-electron chi connectivity index (χ3n) is 5.20. The molecule has 27 heavy (non-hydrogen) atoms. The second kappa shape index (κ2) is 7.17. The third-order valence-corrected chi connectivity index (χ3v) is 5.20. The fourth-order valence-corrected chi connectivity index (χ4v) is 4.19. The predicted molar refractivity (Wildman–Crippen MR) is 92.9 cm³/mol. The number of piperidine rings is 2. The monoisotopic (exact) mass is 383 g/mol. The first kappa shape index (κ1) is 19.7. The number of fused-ring (bicyclic) bond motifs is 2. The number of benzene rings is 1.